The molecule has 0 aliphatic carbocycles. The molecule has 0 N–H and O–H groups in total. The molecule has 3 nitrogen and oxygen atoms in total. The van der Waals surface area contributed by atoms with Crippen LogP contribution in [0.1, 0.15) is 58.4 Å². The second kappa shape index (κ2) is 8.43. The van der Waals surface area contributed by atoms with Gasteiger partial charge in [-0.15, -0.1) is 0 Å². The Kier molecular flexibility index (Phi) is 6.83. The van der Waals surface area contributed by atoms with Crippen molar-refractivity contribution >= 4 is 8.56 Å². The molecule has 0 bridgehead atoms. The molecule has 1 aliphatic heterocycles. The Balaban J connectivity index is 2.52. The van der Waals surface area contributed by atoms with E-state index in [1.807, 2.05) is 0 Å². The standard InChI is InChI=1S/C19H32O3Si/c1-5-19(20-6-2)18(17-13-10-9-11-14-17)15-12-16-23(19,21-7-3)22-8-4/h9-11,13-14,18H,5-8,12,15-16H2,1-4H3. The molecule has 0 saturated carbocycles. The van der Waals surface area contributed by atoms with E-state index in [1.54, 1.807) is 0 Å². The second-order valence-corrected chi connectivity index (χ2v) is 9.58. The van der Waals surface area contributed by atoms with Gasteiger partial charge in [0.2, 0.25) is 0 Å². The number of hydrogen-bond donors (Lipinski definition) is 0. The fraction of sp³-hybridized carbons (Fsp3) is 0.684. The van der Waals surface area contributed by atoms with E-state index in [0.29, 0.717) is 25.7 Å². The summed E-state index contributed by atoms with van der Waals surface area (Å²) >= 11 is 0. The molecule has 0 spiro atoms. The van der Waals surface area contributed by atoms with Gasteiger partial charge in [-0.3, -0.25) is 0 Å². The molecular formula is C19H32O3Si. The van der Waals surface area contributed by atoms with Gasteiger partial charge in [0.1, 0.15) is 5.22 Å². The quantitative estimate of drug-likeness (QED) is 0.638. The number of hydrogen-bond acceptors (Lipinski definition) is 3. The van der Waals surface area contributed by atoms with Gasteiger partial charge < -0.3 is 13.6 Å². The highest BCUT2D eigenvalue weighted by atomic mass is 28.4. The van der Waals surface area contributed by atoms with Crippen molar-refractivity contribution in [3.63, 3.8) is 0 Å². The first-order chi connectivity index (χ1) is 11.2. The van der Waals surface area contributed by atoms with E-state index in [4.69, 9.17) is 13.6 Å². The predicted octanol–water partition coefficient (Wildman–Crippen LogP) is 4.80. The van der Waals surface area contributed by atoms with E-state index in [2.05, 4.69) is 58.0 Å². The third-order valence-corrected chi connectivity index (χ3v) is 9.75. The molecule has 2 rings (SSSR count). The highest BCUT2D eigenvalue weighted by Gasteiger charge is 2.63. The summed E-state index contributed by atoms with van der Waals surface area (Å²) in [6.07, 6.45) is 3.24. The molecule has 1 heterocycles. The number of benzene rings is 1. The lowest BCUT2D eigenvalue weighted by Crippen LogP contribution is -2.68. The van der Waals surface area contributed by atoms with Gasteiger partial charge >= 0.3 is 8.56 Å². The first kappa shape index (κ1) is 18.7. The molecule has 4 heteroatoms. The minimum Gasteiger partial charge on any atom is -0.393 e. The molecule has 0 aromatic heterocycles. The molecule has 23 heavy (non-hydrogen) atoms. The van der Waals surface area contributed by atoms with Gasteiger partial charge in [-0.2, -0.15) is 0 Å². The topological polar surface area (TPSA) is 27.7 Å². The van der Waals surface area contributed by atoms with Gasteiger partial charge in [0.15, 0.2) is 0 Å². The Labute approximate surface area is 142 Å². The summed E-state index contributed by atoms with van der Waals surface area (Å²) in [5.74, 6) is 0.354. The largest absolute Gasteiger partial charge is 0.393 e. The van der Waals surface area contributed by atoms with Crippen LogP contribution in [0.2, 0.25) is 6.04 Å². The van der Waals surface area contributed by atoms with Crippen LogP contribution in [0.5, 0.6) is 0 Å². The molecule has 0 amide bonds. The Bertz CT molecular complexity index is 453. The molecule has 2 atom stereocenters. The Morgan fingerprint density at radius 3 is 2.17 bits per heavy atom. The fourth-order valence-electron chi connectivity index (χ4n) is 4.35. The van der Waals surface area contributed by atoms with Crippen LogP contribution in [-0.4, -0.2) is 33.6 Å². The van der Waals surface area contributed by atoms with Gasteiger partial charge in [-0.1, -0.05) is 43.7 Å². The van der Waals surface area contributed by atoms with Crippen molar-refractivity contribution in [1.29, 1.82) is 0 Å². The van der Waals surface area contributed by atoms with Crippen molar-refractivity contribution in [2.24, 2.45) is 0 Å². The van der Waals surface area contributed by atoms with E-state index in [1.165, 1.54) is 5.56 Å². The van der Waals surface area contributed by atoms with Crippen molar-refractivity contribution in [2.45, 2.75) is 64.1 Å². The first-order valence-electron chi connectivity index (χ1n) is 9.16. The zero-order valence-corrected chi connectivity index (χ0v) is 16.1. The summed E-state index contributed by atoms with van der Waals surface area (Å²) in [6.45, 7) is 10.6. The van der Waals surface area contributed by atoms with Crippen molar-refractivity contribution in [1.82, 2.24) is 0 Å². The summed E-state index contributed by atoms with van der Waals surface area (Å²) in [7, 11) is -2.45. The van der Waals surface area contributed by atoms with Crippen molar-refractivity contribution in [3.05, 3.63) is 35.9 Å². The summed E-state index contributed by atoms with van der Waals surface area (Å²) in [4.78, 5) is 0. The van der Waals surface area contributed by atoms with E-state index in [-0.39, 0.29) is 5.22 Å². The maximum absolute atomic E-state index is 6.52. The summed E-state index contributed by atoms with van der Waals surface area (Å²) in [5, 5.41) is -0.298. The molecule has 1 aromatic rings. The molecule has 1 aliphatic rings. The summed E-state index contributed by atoms with van der Waals surface area (Å²) in [6, 6.07) is 11.8. The van der Waals surface area contributed by atoms with Gasteiger partial charge in [-0.25, -0.2) is 0 Å². The Hall–Kier alpha value is -0.683. The van der Waals surface area contributed by atoms with Crippen molar-refractivity contribution < 1.29 is 13.6 Å². The van der Waals surface area contributed by atoms with Crippen LogP contribution in [0.25, 0.3) is 0 Å². The van der Waals surface area contributed by atoms with Gasteiger partial charge in [0.25, 0.3) is 0 Å². The van der Waals surface area contributed by atoms with E-state index in [9.17, 15) is 0 Å². The van der Waals surface area contributed by atoms with Crippen molar-refractivity contribution in [3.8, 4) is 0 Å². The SMILES string of the molecule is CCOC1(CC)C(c2ccccc2)CCC[Si]1(OCC)OCC. The summed E-state index contributed by atoms with van der Waals surface area (Å²) < 4.78 is 19.3. The minimum atomic E-state index is -2.45. The van der Waals surface area contributed by atoms with Crippen LogP contribution in [0.4, 0.5) is 0 Å². The molecule has 1 aromatic carbocycles. The lowest BCUT2D eigenvalue weighted by Gasteiger charge is -2.53. The van der Waals surface area contributed by atoms with E-state index < -0.39 is 8.56 Å². The third-order valence-electron chi connectivity index (χ3n) is 5.09. The third kappa shape index (κ3) is 3.41. The van der Waals surface area contributed by atoms with E-state index in [0.717, 1.165) is 25.3 Å². The minimum absolute atomic E-state index is 0.298. The van der Waals surface area contributed by atoms with Crippen molar-refractivity contribution in [2.75, 3.05) is 19.8 Å². The van der Waals surface area contributed by atoms with Crippen LogP contribution >= 0.6 is 0 Å². The van der Waals surface area contributed by atoms with Gasteiger partial charge in [0, 0.05) is 25.7 Å². The Morgan fingerprint density at radius 2 is 1.65 bits per heavy atom. The monoisotopic (exact) mass is 336 g/mol. The molecule has 1 fully saturated rings. The average molecular weight is 337 g/mol. The maximum atomic E-state index is 6.52. The molecule has 130 valence electrons. The number of rotatable bonds is 8. The van der Waals surface area contributed by atoms with Crippen LogP contribution < -0.4 is 0 Å². The normalized spacial score (nSPS) is 27.0. The highest BCUT2D eigenvalue weighted by Crippen LogP contribution is 2.51. The van der Waals surface area contributed by atoms with Crippen LogP contribution in [0.15, 0.2) is 30.3 Å². The van der Waals surface area contributed by atoms with E-state index >= 15 is 0 Å². The zero-order chi connectivity index (χ0) is 16.8. The first-order valence-corrected chi connectivity index (χ1v) is 11.2. The highest BCUT2D eigenvalue weighted by molar-refractivity contribution is 6.71. The molecular weight excluding hydrogens is 304 g/mol. The lowest BCUT2D eigenvalue weighted by molar-refractivity contribution is -0.0562. The maximum Gasteiger partial charge on any atom is 0.371 e. The smallest absolute Gasteiger partial charge is 0.371 e. The van der Waals surface area contributed by atoms with Gasteiger partial charge in [-0.05, 0) is 45.2 Å². The van der Waals surface area contributed by atoms with Crippen LogP contribution in [0.3, 0.4) is 0 Å². The second-order valence-electron chi connectivity index (χ2n) is 6.15. The Morgan fingerprint density at radius 1 is 1.00 bits per heavy atom. The van der Waals surface area contributed by atoms with Gasteiger partial charge in [0.05, 0.1) is 0 Å². The van der Waals surface area contributed by atoms with Crippen LogP contribution in [-0.2, 0) is 13.6 Å². The summed E-state index contributed by atoms with van der Waals surface area (Å²) in [5.41, 5.74) is 1.36. The van der Waals surface area contributed by atoms with Crippen LogP contribution in [0, 0.1) is 0 Å². The fourth-order valence-corrected chi connectivity index (χ4v) is 8.98. The average Bonchev–Trinajstić information content (AvgIpc) is 2.58. The molecule has 0 radical (unpaired) electrons. The lowest BCUT2D eigenvalue weighted by atomic mass is 9.86. The zero-order valence-electron chi connectivity index (χ0n) is 15.1. The number of ether oxygens (including phenoxy) is 1. The predicted molar refractivity (Wildman–Crippen MR) is 96.9 cm³/mol. The molecule has 2 unspecified atom stereocenters. The molecule has 1 saturated heterocycles.